The zero-order chi connectivity index (χ0) is 14.2. The topological polar surface area (TPSA) is 74.3 Å². The molecule has 3 atom stereocenters. The molecule has 2 aliphatic heterocycles. The van der Waals surface area contributed by atoms with Crippen molar-refractivity contribution in [1.29, 1.82) is 0 Å². The fourth-order valence-corrected chi connectivity index (χ4v) is 2.61. The van der Waals surface area contributed by atoms with E-state index >= 15 is 0 Å². The van der Waals surface area contributed by atoms with E-state index < -0.39 is 23.9 Å². The number of likely N-dealkylation sites (tertiary alicyclic amines) is 1. The first-order valence-electron chi connectivity index (χ1n) is 6.16. The van der Waals surface area contributed by atoms with Crippen LogP contribution < -0.4 is 0 Å². The zero-order valence-corrected chi connectivity index (χ0v) is 11.5. The van der Waals surface area contributed by atoms with Gasteiger partial charge in [0.15, 0.2) is 5.79 Å². The number of ether oxygens (including phenoxy) is 4. The molecule has 7 heteroatoms. The number of fused-ring (bicyclic) bond motifs is 1. The number of methoxy groups -OCH3 is 2. The second kappa shape index (κ2) is 4.97. The van der Waals surface area contributed by atoms with E-state index in [9.17, 15) is 9.59 Å². The summed E-state index contributed by atoms with van der Waals surface area (Å²) in [4.78, 5) is 24.9. The lowest BCUT2D eigenvalue weighted by atomic mass is 9.98. The number of carbonyl (C=O) groups excluding carboxylic acids is 2. The lowest BCUT2D eigenvalue weighted by molar-refractivity contribution is -0.150. The summed E-state index contributed by atoms with van der Waals surface area (Å²) in [5, 5.41) is 0. The molecular formula is C12H19NO6. The van der Waals surface area contributed by atoms with Gasteiger partial charge in [-0.1, -0.05) is 0 Å². The van der Waals surface area contributed by atoms with E-state index in [1.165, 1.54) is 19.1 Å². The minimum atomic E-state index is -0.706. The molecule has 0 radical (unpaired) electrons. The average molecular weight is 273 g/mol. The molecule has 2 heterocycles. The van der Waals surface area contributed by atoms with Gasteiger partial charge in [0.25, 0.3) is 0 Å². The predicted molar refractivity (Wildman–Crippen MR) is 63.4 cm³/mol. The quantitative estimate of drug-likeness (QED) is 0.648. The van der Waals surface area contributed by atoms with Crippen molar-refractivity contribution in [2.24, 2.45) is 0 Å². The molecule has 0 aliphatic carbocycles. The maximum absolute atomic E-state index is 11.8. The summed E-state index contributed by atoms with van der Waals surface area (Å²) in [6.45, 7) is 3.86. The number of piperidine rings is 1. The van der Waals surface area contributed by atoms with Crippen molar-refractivity contribution >= 4 is 12.1 Å². The lowest BCUT2D eigenvalue weighted by Gasteiger charge is -2.37. The summed E-state index contributed by atoms with van der Waals surface area (Å²) < 4.78 is 20.9. The first-order chi connectivity index (χ1) is 8.88. The maximum atomic E-state index is 11.8. The number of nitrogens with zero attached hydrogens (tertiary/aromatic N) is 1. The number of esters is 1. The monoisotopic (exact) mass is 273 g/mol. The van der Waals surface area contributed by atoms with Crippen molar-refractivity contribution < 1.29 is 28.5 Å². The Morgan fingerprint density at radius 2 is 1.79 bits per heavy atom. The highest BCUT2D eigenvalue weighted by Gasteiger charge is 2.50. The van der Waals surface area contributed by atoms with Crippen LogP contribution in [0, 0.1) is 0 Å². The van der Waals surface area contributed by atoms with Crippen LogP contribution in [0.5, 0.6) is 0 Å². The van der Waals surface area contributed by atoms with Crippen molar-refractivity contribution in [2.45, 2.75) is 44.3 Å². The largest absolute Gasteiger partial charge is 0.467 e. The molecule has 0 saturated carbocycles. The van der Waals surface area contributed by atoms with Gasteiger partial charge in [0.05, 0.1) is 26.9 Å². The van der Waals surface area contributed by atoms with Gasteiger partial charge in [-0.25, -0.2) is 9.59 Å². The van der Waals surface area contributed by atoms with Gasteiger partial charge in [-0.2, -0.15) is 0 Å². The number of carbonyl (C=O) groups is 2. The first kappa shape index (κ1) is 14.1. The van der Waals surface area contributed by atoms with E-state index in [1.54, 1.807) is 13.8 Å². The fourth-order valence-electron chi connectivity index (χ4n) is 2.61. The van der Waals surface area contributed by atoms with Crippen molar-refractivity contribution in [2.75, 3.05) is 20.8 Å². The van der Waals surface area contributed by atoms with Crippen LogP contribution >= 0.6 is 0 Å². The van der Waals surface area contributed by atoms with E-state index in [1.807, 2.05) is 0 Å². The Labute approximate surface area is 111 Å². The molecule has 108 valence electrons. The van der Waals surface area contributed by atoms with Crippen LogP contribution in [0.1, 0.15) is 20.3 Å². The zero-order valence-electron chi connectivity index (χ0n) is 11.5. The van der Waals surface area contributed by atoms with Crippen molar-refractivity contribution in [3.05, 3.63) is 0 Å². The molecule has 7 nitrogen and oxygen atoms in total. The molecule has 0 N–H and O–H groups in total. The van der Waals surface area contributed by atoms with Gasteiger partial charge < -0.3 is 18.9 Å². The van der Waals surface area contributed by atoms with Crippen molar-refractivity contribution in [1.82, 2.24) is 4.90 Å². The standard InChI is InChI=1S/C12H19NO6/c1-12(2)18-8-5-7(10(14)16-3)13(11(15)17-4)6-9(8)19-12/h7-9H,5-6H2,1-4H3/t7-,8-,9+/m1/s1. The smallest absolute Gasteiger partial charge is 0.410 e. The number of amides is 1. The predicted octanol–water partition coefficient (Wildman–Crippen LogP) is 0.520. The summed E-state index contributed by atoms with van der Waals surface area (Å²) in [6, 6.07) is -0.698. The summed E-state index contributed by atoms with van der Waals surface area (Å²) in [5.41, 5.74) is 0. The molecule has 0 aromatic rings. The van der Waals surface area contributed by atoms with Crippen LogP contribution in [0.25, 0.3) is 0 Å². The van der Waals surface area contributed by atoms with Gasteiger partial charge in [0, 0.05) is 6.42 Å². The second-order valence-electron chi connectivity index (χ2n) is 5.11. The maximum Gasteiger partial charge on any atom is 0.410 e. The molecule has 0 spiro atoms. The third-order valence-corrected chi connectivity index (χ3v) is 3.38. The third kappa shape index (κ3) is 2.66. The summed E-state index contributed by atoms with van der Waals surface area (Å²) in [5.74, 6) is -1.18. The van der Waals surface area contributed by atoms with E-state index in [0.29, 0.717) is 6.42 Å². The molecule has 2 aliphatic rings. The highest BCUT2D eigenvalue weighted by atomic mass is 16.8. The van der Waals surface area contributed by atoms with Gasteiger partial charge in [-0.3, -0.25) is 4.90 Å². The molecule has 2 saturated heterocycles. The Bertz CT molecular complexity index is 348. The molecule has 2 fully saturated rings. The Kier molecular flexibility index (Phi) is 3.69. The molecule has 0 bridgehead atoms. The normalized spacial score (nSPS) is 32.6. The van der Waals surface area contributed by atoms with Gasteiger partial charge in [-0.15, -0.1) is 0 Å². The SMILES string of the molecule is COC(=O)[C@H]1C[C@H]2OC(C)(C)O[C@H]2CN1C(=O)OC. The first-order valence-corrected chi connectivity index (χ1v) is 6.16. The highest BCUT2D eigenvalue weighted by Crippen LogP contribution is 2.35. The number of hydrogen-bond acceptors (Lipinski definition) is 6. The molecular weight excluding hydrogens is 254 g/mol. The van der Waals surface area contributed by atoms with Crippen LogP contribution in [0.15, 0.2) is 0 Å². The average Bonchev–Trinajstić information content (AvgIpc) is 2.68. The van der Waals surface area contributed by atoms with Crippen LogP contribution in [-0.4, -0.2) is 61.8 Å². The molecule has 1 amide bonds. The molecule has 2 rings (SSSR count). The number of hydrogen-bond donors (Lipinski definition) is 0. The van der Waals surface area contributed by atoms with Gasteiger partial charge >= 0.3 is 12.1 Å². The molecule has 0 unspecified atom stereocenters. The number of rotatable bonds is 1. The third-order valence-electron chi connectivity index (χ3n) is 3.38. The van der Waals surface area contributed by atoms with Crippen LogP contribution in [-0.2, 0) is 23.7 Å². The van der Waals surface area contributed by atoms with Crippen molar-refractivity contribution in [3.8, 4) is 0 Å². The van der Waals surface area contributed by atoms with Crippen molar-refractivity contribution in [3.63, 3.8) is 0 Å². The van der Waals surface area contributed by atoms with E-state index in [2.05, 4.69) is 0 Å². The van der Waals surface area contributed by atoms with Crippen LogP contribution in [0.2, 0.25) is 0 Å². The van der Waals surface area contributed by atoms with Crippen LogP contribution in [0.3, 0.4) is 0 Å². The summed E-state index contributed by atoms with van der Waals surface area (Å²) in [7, 11) is 2.57. The fraction of sp³-hybridized carbons (Fsp3) is 0.833. The lowest BCUT2D eigenvalue weighted by Crippen LogP contribution is -2.56. The Hall–Kier alpha value is -1.34. The molecule has 0 aromatic heterocycles. The molecule has 19 heavy (non-hydrogen) atoms. The molecule has 0 aromatic carbocycles. The van der Waals surface area contributed by atoms with Gasteiger partial charge in [-0.05, 0) is 13.8 Å². The minimum absolute atomic E-state index is 0.222. The second-order valence-corrected chi connectivity index (χ2v) is 5.11. The summed E-state index contributed by atoms with van der Waals surface area (Å²) in [6.07, 6.45) is -0.701. The Morgan fingerprint density at radius 1 is 1.16 bits per heavy atom. The van der Waals surface area contributed by atoms with Gasteiger partial charge in [0.2, 0.25) is 0 Å². The summed E-state index contributed by atoms with van der Waals surface area (Å²) >= 11 is 0. The minimum Gasteiger partial charge on any atom is -0.467 e. The van der Waals surface area contributed by atoms with E-state index in [4.69, 9.17) is 18.9 Å². The Morgan fingerprint density at radius 3 is 2.37 bits per heavy atom. The van der Waals surface area contributed by atoms with E-state index in [-0.39, 0.29) is 18.8 Å². The Balaban J connectivity index is 2.18. The van der Waals surface area contributed by atoms with E-state index in [0.717, 1.165) is 0 Å². The van der Waals surface area contributed by atoms with Gasteiger partial charge in [0.1, 0.15) is 12.1 Å². The highest BCUT2D eigenvalue weighted by molar-refractivity contribution is 5.81. The van der Waals surface area contributed by atoms with Crippen LogP contribution in [0.4, 0.5) is 4.79 Å².